The summed E-state index contributed by atoms with van der Waals surface area (Å²) in [5.41, 5.74) is 6.59. The van der Waals surface area contributed by atoms with Crippen LogP contribution in [0.15, 0.2) is 54.6 Å². The van der Waals surface area contributed by atoms with Crippen LogP contribution >= 0.6 is 12.2 Å². The monoisotopic (exact) mass is 445 g/mol. The molecule has 1 aromatic heterocycles. The van der Waals surface area contributed by atoms with Crippen LogP contribution in [0.3, 0.4) is 0 Å². The van der Waals surface area contributed by atoms with Gasteiger partial charge in [-0.15, -0.1) is 10.2 Å². The molecule has 7 nitrogen and oxygen atoms in total. The van der Waals surface area contributed by atoms with Gasteiger partial charge in [-0.25, -0.2) is 0 Å². The van der Waals surface area contributed by atoms with Crippen molar-refractivity contribution in [3.63, 3.8) is 0 Å². The Balaban J connectivity index is 1.52. The van der Waals surface area contributed by atoms with Gasteiger partial charge in [-0.2, -0.15) is 4.80 Å². The van der Waals surface area contributed by atoms with Crippen molar-refractivity contribution >= 4 is 40.0 Å². The number of nitrogens with one attached hydrogen (secondary N) is 2. The molecule has 4 rings (SSSR count). The van der Waals surface area contributed by atoms with Gasteiger partial charge in [0.2, 0.25) is 0 Å². The number of hydrogen-bond acceptors (Lipinski definition) is 5. The van der Waals surface area contributed by atoms with Gasteiger partial charge in [0.25, 0.3) is 5.91 Å². The van der Waals surface area contributed by atoms with Crippen molar-refractivity contribution in [3.05, 3.63) is 76.9 Å². The lowest BCUT2D eigenvalue weighted by atomic mass is 10.1. The van der Waals surface area contributed by atoms with Crippen LogP contribution in [0.25, 0.3) is 16.7 Å². The van der Waals surface area contributed by atoms with E-state index in [0.29, 0.717) is 11.1 Å². The minimum absolute atomic E-state index is 0.221. The van der Waals surface area contributed by atoms with Crippen LogP contribution in [0.5, 0.6) is 5.75 Å². The number of anilines is 1. The Hall–Kier alpha value is -3.78. The molecule has 0 unspecified atom stereocenters. The van der Waals surface area contributed by atoms with Crippen molar-refractivity contribution < 1.29 is 9.53 Å². The van der Waals surface area contributed by atoms with E-state index >= 15 is 0 Å². The van der Waals surface area contributed by atoms with Gasteiger partial charge in [0.1, 0.15) is 16.8 Å². The van der Waals surface area contributed by atoms with Gasteiger partial charge < -0.3 is 10.1 Å². The first kappa shape index (κ1) is 21.5. The first-order valence-corrected chi connectivity index (χ1v) is 10.5. The Labute approximate surface area is 191 Å². The number of methoxy groups -OCH3 is 1. The molecule has 4 aromatic rings. The highest BCUT2D eigenvalue weighted by Crippen LogP contribution is 2.23. The molecule has 0 fully saturated rings. The summed E-state index contributed by atoms with van der Waals surface area (Å²) in [5.74, 6) is 0.516. The van der Waals surface area contributed by atoms with Crippen molar-refractivity contribution in [1.29, 1.82) is 0 Å². The molecule has 0 radical (unpaired) electrons. The maximum absolute atomic E-state index is 12.6. The van der Waals surface area contributed by atoms with E-state index in [1.807, 2.05) is 75.4 Å². The number of amides is 1. The molecule has 32 heavy (non-hydrogen) atoms. The summed E-state index contributed by atoms with van der Waals surface area (Å²) in [4.78, 5) is 14.2. The maximum Gasteiger partial charge on any atom is 0.257 e. The van der Waals surface area contributed by atoms with E-state index in [0.717, 1.165) is 39.3 Å². The highest BCUT2D eigenvalue weighted by atomic mass is 32.1. The molecule has 162 valence electrons. The molecule has 0 aliphatic carbocycles. The molecule has 1 amide bonds. The lowest BCUT2D eigenvalue weighted by molar-refractivity contribution is 0.0977. The summed E-state index contributed by atoms with van der Waals surface area (Å²) in [6, 6.07) is 17.0. The largest absolute Gasteiger partial charge is 0.497 e. The summed E-state index contributed by atoms with van der Waals surface area (Å²) in [7, 11) is 1.63. The summed E-state index contributed by atoms with van der Waals surface area (Å²) in [5, 5.41) is 15.2. The Morgan fingerprint density at radius 2 is 1.56 bits per heavy atom. The average molecular weight is 446 g/mol. The second-order valence-corrected chi connectivity index (χ2v) is 8.04. The lowest BCUT2D eigenvalue weighted by Gasteiger charge is -2.12. The Kier molecular flexibility index (Phi) is 5.87. The highest BCUT2D eigenvalue weighted by molar-refractivity contribution is 7.80. The number of aromatic nitrogens is 3. The third-order valence-corrected chi connectivity index (χ3v) is 5.19. The number of fused-ring (bicyclic) bond motifs is 1. The van der Waals surface area contributed by atoms with Crippen LogP contribution in [-0.4, -0.2) is 33.1 Å². The van der Waals surface area contributed by atoms with E-state index in [1.165, 1.54) is 0 Å². The summed E-state index contributed by atoms with van der Waals surface area (Å²) in [6.07, 6.45) is 0. The fourth-order valence-corrected chi connectivity index (χ4v) is 3.67. The van der Waals surface area contributed by atoms with Gasteiger partial charge in [0.15, 0.2) is 5.11 Å². The van der Waals surface area contributed by atoms with Gasteiger partial charge in [-0.1, -0.05) is 17.2 Å². The van der Waals surface area contributed by atoms with E-state index in [4.69, 9.17) is 17.0 Å². The van der Waals surface area contributed by atoms with Crippen LogP contribution in [-0.2, 0) is 0 Å². The average Bonchev–Trinajstić information content (AvgIpc) is 3.16. The SMILES string of the molecule is COc1ccc(-n2nc3cc(C)c(NC(=S)NC(=O)c4cc(C)cc(C)c4)cc3n2)cc1. The predicted octanol–water partition coefficient (Wildman–Crippen LogP) is 4.48. The van der Waals surface area contributed by atoms with Crippen molar-refractivity contribution in [2.75, 3.05) is 12.4 Å². The predicted molar refractivity (Wildman–Crippen MR) is 130 cm³/mol. The highest BCUT2D eigenvalue weighted by Gasteiger charge is 2.12. The third kappa shape index (κ3) is 4.60. The minimum Gasteiger partial charge on any atom is -0.497 e. The molecular weight excluding hydrogens is 422 g/mol. The first-order chi connectivity index (χ1) is 15.3. The fraction of sp³-hybridized carbons (Fsp3) is 0.167. The number of carbonyl (C=O) groups excluding carboxylic acids is 1. The standard InChI is InChI=1S/C24H23N5O2S/c1-14-9-15(2)11-17(10-14)23(30)26-24(32)25-20-13-22-21(12-16(20)3)27-29(28-22)18-5-7-19(31-4)8-6-18/h5-13H,1-4H3,(H2,25,26,30,32). The number of nitrogens with zero attached hydrogens (tertiary/aromatic N) is 3. The molecule has 0 aliphatic rings. The Morgan fingerprint density at radius 3 is 2.19 bits per heavy atom. The Morgan fingerprint density at radius 1 is 0.938 bits per heavy atom. The number of rotatable bonds is 4. The van der Waals surface area contributed by atoms with Crippen LogP contribution < -0.4 is 15.4 Å². The molecule has 8 heteroatoms. The maximum atomic E-state index is 12.6. The first-order valence-electron chi connectivity index (χ1n) is 10.0. The van der Waals surface area contributed by atoms with E-state index in [1.54, 1.807) is 11.9 Å². The lowest BCUT2D eigenvalue weighted by Crippen LogP contribution is -2.34. The smallest absolute Gasteiger partial charge is 0.257 e. The molecule has 0 saturated carbocycles. The molecule has 0 bridgehead atoms. The summed E-state index contributed by atoms with van der Waals surface area (Å²) >= 11 is 5.37. The third-order valence-electron chi connectivity index (χ3n) is 4.99. The molecule has 2 N–H and O–H groups in total. The van der Waals surface area contributed by atoms with E-state index < -0.39 is 0 Å². The molecule has 0 spiro atoms. The summed E-state index contributed by atoms with van der Waals surface area (Å²) in [6.45, 7) is 5.86. The second-order valence-electron chi connectivity index (χ2n) is 7.63. The normalized spacial score (nSPS) is 10.8. The van der Waals surface area contributed by atoms with Crippen LogP contribution in [0.2, 0.25) is 0 Å². The molecular formula is C24H23N5O2S. The van der Waals surface area contributed by atoms with E-state index in [-0.39, 0.29) is 11.0 Å². The Bertz CT molecular complexity index is 1310. The zero-order valence-corrected chi connectivity index (χ0v) is 19.1. The van der Waals surface area contributed by atoms with Gasteiger partial charge in [-0.05, 0) is 87.1 Å². The number of ether oxygens (including phenoxy) is 1. The minimum atomic E-state index is -0.251. The number of thiocarbonyl (C=S) groups is 1. The van der Waals surface area contributed by atoms with Crippen molar-refractivity contribution in [1.82, 2.24) is 20.3 Å². The number of hydrogen-bond donors (Lipinski definition) is 2. The summed E-state index contributed by atoms with van der Waals surface area (Å²) < 4.78 is 5.20. The zero-order chi connectivity index (χ0) is 22.8. The van der Waals surface area contributed by atoms with Crippen LogP contribution in [0.4, 0.5) is 5.69 Å². The molecule has 0 saturated heterocycles. The quantitative estimate of drug-likeness (QED) is 0.451. The van der Waals surface area contributed by atoms with Crippen molar-refractivity contribution in [3.8, 4) is 11.4 Å². The van der Waals surface area contributed by atoms with Gasteiger partial charge in [-0.3, -0.25) is 10.1 Å². The number of aryl methyl sites for hydroxylation is 3. The van der Waals surface area contributed by atoms with E-state index in [9.17, 15) is 4.79 Å². The molecule has 0 aliphatic heterocycles. The zero-order valence-electron chi connectivity index (χ0n) is 18.3. The molecule has 1 heterocycles. The van der Waals surface area contributed by atoms with Crippen LogP contribution in [0, 0.1) is 20.8 Å². The van der Waals surface area contributed by atoms with Gasteiger partial charge in [0, 0.05) is 11.3 Å². The van der Waals surface area contributed by atoms with Crippen molar-refractivity contribution in [2.24, 2.45) is 0 Å². The fourth-order valence-electron chi connectivity index (χ4n) is 3.47. The number of carbonyl (C=O) groups is 1. The molecule has 3 aromatic carbocycles. The second kappa shape index (κ2) is 8.76. The van der Waals surface area contributed by atoms with E-state index in [2.05, 4.69) is 20.8 Å². The number of benzene rings is 3. The van der Waals surface area contributed by atoms with Gasteiger partial charge in [0.05, 0.1) is 12.8 Å². The van der Waals surface area contributed by atoms with Crippen molar-refractivity contribution in [2.45, 2.75) is 20.8 Å². The molecule has 0 atom stereocenters. The van der Waals surface area contributed by atoms with Gasteiger partial charge >= 0.3 is 0 Å². The topological polar surface area (TPSA) is 81.1 Å². The van der Waals surface area contributed by atoms with Crippen LogP contribution in [0.1, 0.15) is 27.0 Å².